The van der Waals surface area contributed by atoms with Crippen LogP contribution in [-0.4, -0.2) is 25.0 Å². The van der Waals surface area contributed by atoms with Gasteiger partial charge in [-0.25, -0.2) is 0 Å². The standard InChI is InChI=1S/C7H13N3OSi/c1-10-6-7(4-8-10)5-9-11-12(2)3/h4-6,12H,1-3H3. The number of oxime groups is 1. The first-order valence-corrected chi connectivity index (χ1v) is 6.64. The van der Waals surface area contributed by atoms with Crippen LogP contribution < -0.4 is 0 Å². The molecule has 0 aliphatic heterocycles. The predicted molar refractivity (Wildman–Crippen MR) is 50.8 cm³/mol. The Morgan fingerprint density at radius 3 is 2.92 bits per heavy atom. The second kappa shape index (κ2) is 4.06. The summed E-state index contributed by atoms with van der Waals surface area (Å²) in [5, 5.41) is 7.83. The third kappa shape index (κ3) is 2.87. The Morgan fingerprint density at radius 1 is 1.67 bits per heavy atom. The molecule has 1 aromatic heterocycles. The molecule has 0 unspecified atom stereocenters. The number of aromatic nitrogens is 2. The van der Waals surface area contributed by atoms with Crippen LogP contribution in [0.1, 0.15) is 5.56 Å². The lowest BCUT2D eigenvalue weighted by atomic mass is 10.4. The van der Waals surface area contributed by atoms with E-state index in [1.165, 1.54) is 0 Å². The van der Waals surface area contributed by atoms with E-state index in [-0.39, 0.29) is 0 Å². The first-order valence-electron chi connectivity index (χ1n) is 3.86. The molecule has 0 radical (unpaired) electrons. The van der Waals surface area contributed by atoms with E-state index < -0.39 is 9.04 Å². The zero-order chi connectivity index (χ0) is 8.97. The second-order valence-corrected chi connectivity index (χ2v) is 5.14. The van der Waals surface area contributed by atoms with Crippen molar-refractivity contribution in [1.29, 1.82) is 0 Å². The first-order chi connectivity index (χ1) is 5.68. The molecule has 0 spiro atoms. The Hall–Kier alpha value is -1.10. The van der Waals surface area contributed by atoms with Gasteiger partial charge in [-0.15, -0.1) is 5.16 Å². The maximum Gasteiger partial charge on any atom is 0.266 e. The van der Waals surface area contributed by atoms with Crippen LogP contribution in [0.15, 0.2) is 17.5 Å². The van der Waals surface area contributed by atoms with E-state index in [1.54, 1.807) is 17.1 Å². The average Bonchev–Trinajstić information content (AvgIpc) is 2.35. The zero-order valence-electron chi connectivity index (χ0n) is 7.56. The van der Waals surface area contributed by atoms with Gasteiger partial charge in [0.15, 0.2) is 0 Å². The summed E-state index contributed by atoms with van der Waals surface area (Å²) in [6, 6.07) is 0. The van der Waals surface area contributed by atoms with Crippen molar-refractivity contribution in [3.63, 3.8) is 0 Å². The predicted octanol–water partition coefficient (Wildman–Crippen LogP) is 0.754. The molecule has 1 aromatic rings. The van der Waals surface area contributed by atoms with Crippen molar-refractivity contribution >= 4 is 15.3 Å². The van der Waals surface area contributed by atoms with Crippen LogP contribution in [0.25, 0.3) is 0 Å². The third-order valence-corrected chi connectivity index (χ3v) is 1.74. The maximum absolute atomic E-state index is 5.13. The number of aryl methyl sites for hydroxylation is 1. The van der Waals surface area contributed by atoms with E-state index in [2.05, 4.69) is 23.3 Å². The fourth-order valence-corrected chi connectivity index (χ4v) is 1.02. The largest absolute Gasteiger partial charge is 0.459 e. The Bertz CT molecular complexity index is 269. The molecule has 4 nitrogen and oxygen atoms in total. The van der Waals surface area contributed by atoms with E-state index in [9.17, 15) is 0 Å². The first kappa shape index (κ1) is 8.99. The number of rotatable bonds is 3. The highest BCUT2D eigenvalue weighted by molar-refractivity contribution is 6.48. The second-order valence-electron chi connectivity index (χ2n) is 2.84. The smallest absolute Gasteiger partial charge is 0.266 e. The molecule has 66 valence electrons. The summed E-state index contributed by atoms with van der Waals surface area (Å²) in [4.78, 5) is 0. The van der Waals surface area contributed by atoms with Crippen LogP contribution >= 0.6 is 0 Å². The molecule has 5 heteroatoms. The van der Waals surface area contributed by atoms with E-state index in [4.69, 9.17) is 4.53 Å². The van der Waals surface area contributed by atoms with Gasteiger partial charge in [0.25, 0.3) is 9.04 Å². The quantitative estimate of drug-likeness (QED) is 0.394. The minimum absolute atomic E-state index is 0.965. The van der Waals surface area contributed by atoms with Gasteiger partial charge in [0, 0.05) is 18.8 Å². The summed E-state index contributed by atoms with van der Waals surface area (Å²) in [6.45, 7) is 4.14. The summed E-state index contributed by atoms with van der Waals surface area (Å²) >= 11 is 0. The molecular weight excluding hydrogens is 170 g/mol. The van der Waals surface area contributed by atoms with E-state index in [0.717, 1.165) is 5.56 Å². The lowest BCUT2D eigenvalue weighted by molar-refractivity contribution is 0.354. The van der Waals surface area contributed by atoms with Crippen molar-refractivity contribution in [2.24, 2.45) is 12.2 Å². The molecule has 0 aliphatic rings. The van der Waals surface area contributed by atoms with Crippen LogP contribution in [0.5, 0.6) is 0 Å². The van der Waals surface area contributed by atoms with Crippen LogP contribution in [0, 0.1) is 0 Å². The average molecular weight is 183 g/mol. The molecule has 1 heterocycles. The van der Waals surface area contributed by atoms with Crippen molar-refractivity contribution in [1.82, 2.24) is 9.78 Å². The van der Waals surface area contributed by atoms with Crippen LogP contribution in [-0.2, 0) is 11.6 Å². The van der Waals surface area contributed by atoms with Gasteiger partial charge in [-0.1, -0.05) is 0 Å². The lowest BCUT2D eigenvalue weighted by Crippen LogP contribution is -2.01. The van der Waals surface area contributed by atoms with E-state index in [0.29, 0.717) is 0 Å². The van der Waals surface area contributed by atoms with Crippen molar-refractivity contribution in [3.8, 4) is 0 Å². The van der Waals surface area contributed by atoms with Gasteiger partial charge in [0.2, 0.25) is 0 Å². The van der Waals surface area contributed by atoms with Crippen molar-refractivity contribution < 1.29 is 4.53 Å². The topological polar surface area (TPSA) is 39.4 Å². The molecule has 0 saturated carbocycles. The number of hydrogen-bond donors (Lipinski definition) is 0. The van der Waals surface area contributed by atoms with Crippen molar-refractivity contribution in [2.75, 3.05) is 0 Å². The molecule has 0 fully saturated rings. The van der Waals surface area contributed by atoms with Crippen molar-refractivity contribution in [2.45, 2.75) is 13.1 Å². The molecule has 0 bridgehead atoms. The minimum Gasteiger partial charge on any atom is -0.459 e. The fourth-order valence-electron chi connectivity index (χ4n) is 0.720. The highest BCUT2D eigenvalue weighted by Crippen LogP contribution is 1.92. The number of hydrogen-bond acceptors (Lipinski definition) is 3. The van der Waals surface area contributed by atoms with E-state index in [1.807, 2.05) is 13.2 Å². The van der Waals surface area contributed by atoms with Crippen LogP contribution in [0.4, 0.5) is 0 Å². The molecule has 0 aliphatic carbocycles. The summed E-state index contributed by atoms with van der Waals surface area (Å²) in [7, 11) is 0.840. The van der Waals surface area contributed by atoms with Gasteiger partial charge >= 0.3 is 0 Å². The molecule has 0 atom stereocenters. The van der Waals surface area contributed by atoms with Crippen LogP contribution in [0.3, 0.4) is 0 Å². The molecular formula is C7H13N3OSi. The highest BCUT2D eigenvalue weighted by Gasteiger charge is 1.93. The Labute approximate surface area is 73.6 Å². The van der Waals surface area contributed by atoms with Gasteiger partial charge in [-0.05, 0) is 13.1 Å². The normalized spacial score (nSPS) is 11.3. The van der Waals surface area contributed by atoms with Gasteiger partial charge in [0.05, 0.1) is 12.4 Å². The Balaban J connectivity index is 2.46. The van der Waals surface area contributed by atoms with Crippen molar-refractivity contribution in [3.05, 3.63) is 18.0 Å². The van der Waals surface area contributed by atoms with E-state index >= 15 is 0 Å². The minimum atomic E-state index is -1.03. The number of nitrogens with zero attached hydrogens (tertiary/aromatic N) is 3. The summed E-state index contributed by atoms with van der Waals surface area (Å²) < 4.78 is 6.86. The molecule has 0 saturated heterocycles. The van der Waals surface area contributed by atoms with Crippen LogP contribution in [0.2, 0.25) is 13.1 Å². The molecule has 0 aromatic carbocycles. The van der Waals surface area contributed by atoms with Gasteiger partial charge < -0.3 is 4.53 Å². The highest BCUT2D eigenvalue weighted by atomic mass is 28.3. The molecule has 0 N–H and O–H groups in total. The molecule has 12 heavy (non-hydrogen) atoms. The van der Waals surface area contributed by atoms with Gasteiger partial charge in [-0.3, -0.25) is 4.68 Å². The van der Waals surface area contributed by atoms with Gasteiger partial charge in [0.1, 0.15) is 0 Å². The summed E-state index contributed by atoms with van der Waals surface area (Å²) in [6.07, 6.45) is 5.31. The fraction of sp³-hybridized carbons (Fsp3) is 0.429. The monoisotopic (exact) mass is 183 g/mol. The molecule has 0 amide bonds. The maximum atomic E-state index is 5.13. The third-order valence-electron chi connectivity index (χ3n) is 1.20. The Kier molecular flexibility index (Phi) is 3.04. The van der Waals surface area contributed by atoms with Gasteiger partial charge in [-0.2, -0.15) is 5.10 Å². The SMILES string of the molecule is Cn1cc(C=NO[SiH](C)C)cn1. The lowest BCUT2D eigenvalue weighted by Gasteiger charge is -1.97. The summed E-state index contributed by atoms with van der Waals surface area (Å²) in [5.41, 5.74) is 0.965. The molecule has 1 rings (SSSR count). The summed E-state index contributed by atoms with van der Waals surface area (Å²) in [5.74, 6) is 0. The zero-order valence-corrected chi connectivity index (χ0v) is 8.71. The Morgan fingerprint density at radius 2 is 2.42 bits per heavy atom.